The van der Waals surface area contributed by atoms with Gasteiger partial charge in [-0.3, -0.25) is 4.68 Å². The van der Waals surface area contributed by atoms with Crippen molar-refractivity contribution in [2.75, 3.05) is 13.7 Å². The van der Waals surface area contributed by atoms with Crippen LogP contribution in [0.1, 0.15) is 36.8 Å². The first-order valence-corrected chi connectivity index (χ1v) is 9.19. The molecule has 0 N–H and O–H groups in total. The van der Waals surface area contributed by atoms with Gasteiger partial charge in [0, 0.05) is 12.1 Å². The second-order valence-corrected chi connectivity index (χ2v) is 6.61. The highest BCUT2D eigenvalue weighted by molar-refractivity contribution is 6.36. The van der Waals surface area contributed by atoms with Gasteiger partial charge in [-0.1, -0.05) is 24.6 Å². The summed E-state index contributed by atoms with van der Waals surface area (Å²) in [5.41, 5.74) is 1.44. The van der Waals surface area contributed by atoms with Crippen molar-refractivity contribution < 1.29 is 27.4 Å². The van der Waals surface area contributed by atoms with Crippen LogP contribution in [0.4, 0.5) is 13.2 Å². The number of ether oxygens (including phenoxy) is 2. The van der Waals surface area contributed by atoms with Crippen LogP contribution >= 0.6 is 11.6 Å². The maximum atomic E-state index is 12.9. The Labute approximate surface area is 166 Å². The molecule has 0 saturated heterocycles. The van der Waals surface area contributed by atoms with Crippen LogP contribution in [0, 0.1) is 5.92 Å². The molecular weight excluding hydrogens is 397 g/mol. The molecule has 0 unspecified atom stereocenters. The number of hydrogen-bond acceptors (Lipinski definition) is 4. The Balaban J connectivity index is 2.49. The number of carbonyl (C=O) groups excluding carboxylic acids is 1. The topological polar surface area (TPSA) is 53.3 Å². The first-order chi connectivity index (χ1) is 13.1. The fourth-order valence-corrected chi connectivity index (χ4v) is 3.10. The van der Waals surface area contributed by atoms with Crippen molar-refractivity contribution in [2.45, 2.75) is 39.9 Å². The summed E-state index contributed by atoms with van der Waals surface area (Å²) in [6, 6.07) is 4.76. The molecule has 0 aliphatic rings. The summed E-state index contributed by atoms with van der Waals surface area (Å²) in [7, 11) is 1.42. The van der Waals surface area contributed by atoms with E-state index in [-0.39, 0.29) is 23.7 Å². The summed E-state index contributed by atoms with van der Waals surface area (Å²) >= 11 is 6.40. The lowest BCUT2D eigenvalue weighted by Crippen LogP contribution is -2.21. The Morgan fingerprint density at radius 2 is 2.00 bits per heavy atom. The molecule has 0 saturated carbocycles. The minimum Gasteiger partial charge on any atom is -0.496 e. The number of aryl methyl sites for hydroxylation is 1. The summed E-state index contributed by atoms with van der Waals surface area (Å²) in [6.45, 7) is 5.24. The largest absolute Gasteiger partial charge is 0.496 e. The summed E-state index contributed by atoms with van der Waals surface area (Å²) in [6.07, 6.45) is -4.44. The van der Waals surface area contributed by atoms with Crippen LogP contribution in [-0.2, 0) is 17.7 Å². The molecule has 0 aliphatic heterocycles. The molecule has 1 atom stereocenters. The van der Waals surface area contributed by atoms with Crippen LogP contribution < -0.4 is 4.74 Å². The lowest BCUT2D eigenvalue weighted by Gasteiger charge is -2.17. The van der Waals surface area contributed by atoms with Crippen LogP contribution in [0.5, 0.6) is 5.75 Å². The summed E-state index contributed by atoms with van der Waals surface area (Å²) in [5, 5.41) is 4.31. The summed E-state index contributed by atoms with van der Waals surface area (Å²) < 4.78 is 50.4. The summed E-state index contributed by atoms with van der Waals surface area (Å²) in [4.78, 5) is 12.1. The van der Waals surface area contributed by atoms with E-state index in [1.54, 1.807) is 25.1 Å². The van der Waals surface area contributed by atoms with Crippen LogP contribution in [0.3, 0.4) is 0 Å². The second kappa shape index (κ2) is 8.86. The molecule has 1 aromatic heterocycles. The molecule has 9 heteroatoms. The number of alkyl halides is 3. The Morgan fingerprint density at radius 1 is 1.32 bits per heavy atom. The number of carbonyl (C=O) groups is 1. The van der Waals surface area contributed by atoms with E-state index in [1.807, 2.05) is 6.92 Å². The number of aromatic nitrogens is 2. The van der Waals surface area contributed by atoms with Gasteiger partial charge in [-0.25, -0.2) is 4.79 Å². The molecular formula is C19H22ClF3N2O3. The highest BCUT2D eigenvalue weighted by Gasteiger charge is 2.36. The maximum Gasteiger partial charge on any atom is 0.391 e. The highest BCUT2D eigenvalue weighted by atomic mass is 35.5. The number of methoxy groups -OCH3 is 1. The maximum absolute atomic E-state index is 12.9. The van der Waals surface area contributed by atoms with Crippen molar-refractivity contribution in [1.29, 1.82) is 0 Å². The lowest BCUT2D eigenvalue weighted by molar-refractivity contribution is -0.169. The third-order valence-electron chi connectivity index (χ3n) is 4.28. The molecule has 2 rings (SSSR count). The first kappa shape index (κ1) is 22.1. The van der Waals surface area contributed by atoms with E-state index in [9.17, 15) is 18.0 Å². The molecule has 1 heterocycles. The molecule has 0 aliphatic carbocycles. The van der Waals surface area contributed by atoms with Gasteiger partial charge in [-0.05, 0) is 38.0 Å². The van der Waals surface area contributed by atoms with Crippen LogP contribution in [0.25, 0.3) is 11.3 Å². The molecule has 0 radical (unpaired) electrons. The molecule has 1 aromatic carbocycles. The first-order valence-electron chi connectivity index (χ1n) is 8.81. The number of hydrogen-bond donors (Lipinski definition) is 0. The van der Waals surface area contributed by atoms with Crippen molar-refractivity contribution in [3.8, 4) is 17.0 Å². The van der Waals surface area contributed by atoms with Gasteiger partial charge in [-0.2, -0.15) is 18.3 Å². The minimum absolute atomic E-state index is 0.0165. The van der Waals surface area contributed by atoms with Crippen molar-refractivity contribution >= 4 is 17.6 Å². The van der Waals surface area contributed by atoms with Gasteiger partial charge in [0.1, 0.15) is 10.8 Å². The van der Waals surface area contributed by atoms with Gasteiger partial charge in [-0.15, -0.1) is 0 Å². The van der Waals surface area contributed by atoms with Gasteiger partial charge in [0.25, 0.3) is 0 Å². The number of esters is 1. The molecule has 28 heavy (non-hydrogen) atoms. The standard InChI is InChI=1S/C19H22ClF3N2O3/c1-5-25-17(15(20)16(24-25)18(26)28-6-2)13-8-7-12(10-14(13)27-4)9-11(3)19(21,22)23/h7-8,10-11H,5-6,9H2,1-4H3/t11-/m1/s1. The van der Waals surface area contributed by atoms with Gasteiger partial charge >= 0.3 is 12.1 Å². The molecule has 0 spiro atoms. The van der Waals surface area contributed by atoms with Crippen LogP contribution in [0.2, 0.25) is 5.02 Å². The Morgan fingerprint density at radius 3 is 2.54 bits per heavy atom. The number of rotatable bonds is 7. The Bertz CT molecular complexity index is 850. The minimum atomic E-state index is -4.27. The van der Waals surface area contributed by atoms with E-state index in [2.05, 4.69) is 5.10 Å². The van der Waals surface area contributed by atoms with Crippen molar-refractivity contribution in [3.63, 3.8) is 0 Å². The number of benzene rings is 1. The normalized spacial score (nSPS) is 12.7. The van der Waals surface area contributed by atoms with E-state index in [0.717, 1.165) is 6.92 Å². The van der Waals surface area contributed by atoms with E-state index < -0.39 is 18.1 Å². The Kier molecular flexibility index (Phi) is 6.98. The molecule has 5 nitrogen and oxygen atoms in total. The third kappa shape index (κ3) is 4.60. The van der Waals surface area contributed by atoms with Gasteiger partial charge in [0.15, 0.2) is 5.69 Å². The fourth-order valence-electron chi connectivity index (χ4n) is 2.78. The molecule has 0 amide bonds. The average molecular weight is 419 g/mol. The molecule has 0 fully saturated rings. The van der Waals surface area contributed by atoms with Crippen LogP contribution in [-0.4, -0.2) is 35.6 Å². The zero-order valence-corrected chi connectivity index (χ0v) is 16.8. The predicted octanol–water partition coefficient (Wildman–Crippen LogP) is 5.15. The fraction of sp³-hybridized carbons (Fsp3) is 0.474. The lowest BCUT2D eigenvalue weighted by atomic mass is 9.98. The highest BCUT2D eigenvalue weighted by Crippen LogP contribution is 2.38. The van der Waals surface area contributed by atoms with Crippen molar-refractivity contribution in [3.05, 3.63) is 34.5 Å². The van der Waals surface area contributed by atoms with Crippen molar-refractivity contribution in [1.82, 2.24) is 9.78 Å². The van der Waals surface area contributed by atoms with Gasteiger partial charge < -0.3 is 9.47 Å². The smallest absolute Gasteiger partial charge is 0.391 e. The molecule has 154 valence electrons. The zero-order chi connectivity index (χ0) is 21.1. The van der Waals surface area contributed by atoms with E-state index >= 15 is 0 Å². The quantitative estimate of drug-likeness (QED) is 0.583. The van der Waals surface area contributed by atoms with Gasteiger partial charge in [0.2, 0.25) is 0 Å². The number of halogens is 4. The SMILES string of the molecule is CCOC(=O)c1nn(CC)c(-c2ccc(C[C@@H](C)C(F)(F)F)cc2OC)c1Cl. The second-order valence-electron chi connectivity index (χ2n) is 6.23. The Hall–Kier alpha value is -2.22. The zero-order valence-electron chi connectivity index (χ0n) is 16.1. The molecule has 0 bridgehead atoms. The van der Waals surface area contributed by atoms with E-state index in [0.29, 0.717) is 29.1 Å². The van der Waals surface area contributed by atoms with Crippen LogP contribution in [0.15, 0.2) is 18.2 Å². The average Bonchev–Trinajstić information content (AvgIpc) is 2.97. The van der Waals surface area contributed by atoms with E-state index in [1.165, 1.54) is 11.8 Å². The summed E-state index contributed by atoms with van der Waals surface area (Å²) in [5.74, 6) is -1.78. The molecule has 2 aromatic rings. The number of nitrogens with zero attached hydrogens (tertiary/aromatic N) is 2. The third-order valence-corrected chi connectivity index (χ3v) is 4.64. The predicted molar refractivity (Wildman–Crippen MR) is 99.8 cm³/mol. The van der Waals surface area contributed by atoms with Crippen molar-refractivity contribution in [2.24, 2.45) is 5.92 Å². The van der Waals surface area contributed by atoms with Gasteiger partial charge in [0.05, 0.1) is 25.3 Å². The monoisotopic (exact) mass is 418 g/mol. The van der Waals surface area contributed by atoms with E-state index in [4.69, 9.17) is 21.1 Å².